The Hall–Kier alpha value is -4.87. The summed E-state index contributed by atoms with van der Waals surface area (Å²) in [4.78, 5) is 24.4. The van der Waals surface area contributed by atoms with Crippen molar-refractivity contribution in [1.29, 1.82) is 0 Å². The van der Waals surface area contributed by atoms with Crippen LogP contribution in [0.1, 0.15) is 38.3 Å². The molecule has 0 radical (unpaired) electrons. The average molecular weight is 540 g/mol. The number of hydrogen-bond acceptors (Lipinski definition) is 9. The van der Waals surface area contributed by atoms with Gasteiger partial charge in [0.1, 0.15) is 17.5 Å². The highest BCUT2D eigenvalue weighted by atomic mass is 16.6. The lowest BCUT2D eigenvalue weighted by molar-refractivity contribution is 0.0656. The van der Waals surface area contributed by atoms with Crippen LogP contribution in [0.3, 0.4) is 0 Å². The largest absolute Gasteiger partial charge is 0.447 e. The predicted octanol–water partition coefficient (Wildman–Crippen LogP) is 4.50. The predicted molar refractivity (Wildman–Crippen MR) is 146 cm³/mol. The van der Waals surface area contributed by atoms with Crippen molar-refractivity contribution in [3.8, 4) is 23.0 Å². The summed E-state index contributed by atoms with van der Waals surface area (Å²) in [5.41, 5.74) is 2.63. The quantitative estimate of drug-likeness (QED) is 0.294. The summed E-state index contributed by atoms with van der Waals surface area (Å²) in [7, 11) is 0. The van der Waals surface area contributed by atoms with E-state index in [1.54, 1.807) is 15.9 Å². The third kappa shape index (κ3) is 5.46. The van der Waals surface area contributed by atoms with Gasteiger partial charge < -0.3 is 14.4 Å². The van der Waals surface area contributed by atoms with Crippen molar-refractivity contribution in [2.45, 2.75) is 45.4 Å². The molecule has 1 aliphatic heterocycles. The van der Waals surface area contributed by atoms with Gasteiger partial charge in [-0.15, -0.1) is 10.2 Å². The molecular weight excluding hydrogens is 510 g/mol. The second-order valence-corrected chi connectivity index (χ2v) is 9.91. The Morgan fingerprint density at radius 2 is 1.80 bits per heavy atom. The van der Waals surface area contributed by atoms with Crippen molar-refractivity contribution < 1.29 is 14.3 Å². The summed E-state index contributed by atoms with van der Waals surface area (Å²) in [6, 6.07) is 17.6. The van der Waals surface area contributed by atoms with Gasteiger partial charge in [0.05, 0.1) is 24.9 Å². The monoisotopic (exact) mass is 539 g/mol. The number of likely N-dealkylation sites (tertiary alicyclic amines) is 1. The molecule has 0 aliphatic carbocycles. The third-order valence-corrected chi connectivity index (χ3v) is 6.71. The number of rotatable bonds is 7. The Morgan fingerprint density at radius 3 is 2.55 bits per heavy atom. The molecule has 204 valence electrons. The zero-order valence-corrected chi connectivity index (χ0v) is 22.3. The van der Waals surface area contributed by atoms with Crippen molar-refractivity contribution in [3.63, 3.8) is 0 Å². The van der Waals surface area contributed by atoms with Crippen molar-refractivity contribution in [3.05, 3.63) is 72.7 Å². The smallest absolute Gasteiger partial charge is 0.410 e. The molecule has 1 aliphatic rings. The fraction of sp³-hybridized carbons (Fsp3) is 0.321. The molecule has 0 bridgehead atoms. The van der Waals surface area contributed by atoms with Crippen LogP contribution in [-0.4, -0.2) is 70.1 Å². The molecule has 12 nitrogen and oxygen atoms in total. The van der Waals surface area contributed by atoms with Gasteiger partial charge in [-0.2, -0.15) is 9.90 Å². The minimum atomic E-state index is -0.268. The summed E-state index contributed by atoms with van der Waals surface area (Å²) in [6.45, 7) is 5.47. The standard InChI is InChI=1S/C28H29N9O3/c1-19(2)39-28(38)35-14-12-22(13-15-35)37-26-24(16-31-37)27(30-18-29-26)40-23-10-8-21(9-11-23)25-32-34-36(33-25)17-20-6-4-3-5-7-20/h3-11,16,18-19,22H,12-15,17H2,1-2H3. The number of aromatic nitrogens is 8. The van der Waals surface area contributed by atoms with E-state index in [1.807, 2.05) is 73.1 Å². The number of piperidine rings is 1. The molecule has 2 aromatic carbocycles. The molecule has 12 heteroatoms. The van der Waals surface area contributed by atoms with Gasteiger partial charge in [0.2, 0.25) is 11.7 Å². The van der Waals surface area contributed by atoms with E-state index < -0.39 is 0 Å². The lowest BCUT2D eigenvalue weighted by Gasteiger charge is -2.31. The van der Waals surface area contributed by atoms with E-state index in [4.69, 9.17) is 9.47 Å². The van der Waals surface area contributed by atoms with Gasteiger partial charge >= 0.3 is 6.09 Å². The highest BCUT2D eigenvalue weighted by molar-refractivity contribution is 5.80. The molecule has 1 amide bonds. The van der Waals surface area contributed by atoms with Crippen LogP contribution in [0.2, 0.25) is 0 Å². The van der Waals surface area contributed by atoms with E-state index in [-0.39, 0.29) is 18.2 Å². The highest BCUT2D eigenvalue weighted by Crippen LogP contribution is 2.31. The SMILES string of the molecule is CC(C)OC(=O)N1CCC(n2ncc3c(Oc4ccc(-c5nnn(Cc6ccccc6)n5)cc4)ncnc32)CC1. The summed E-state index contributed by atoms with van der Waals surface area (Å²) < 4.78 is 13.4. The van der Waals surface area contributed by atoms with Crippen LogP contribution in [0.15, 0.2) is 67.1 Å². The first-order valence-corrected chi connectivity index (χ1v) is 13.3. The normalized spacial score (nSPS) is 14.1. The zero-order valence-electron chi connectivity index (χ0n) is 22.3. The van der Waals surface area contributed by atoms with Crippen LogP contribution in [0.25, 0.3) is 22.4 Å². The Labute approximate surface area is 230 Å². The van der Waals surface area contributed by atoms with Gasteiger partial charge in [0.15, 0.2) is 5.65 Å². The molecular formula is C28H29N9O3. The lowest BCUT2D eigenvalue weighted by Crippen LogP contribution is -2.40. The van der Waals surface area contributed by atoms with E-state index in [1.165, 1.54) is 6.33 Å². The number of amides is 1. The van der Waals surface area contributed by atoms with Crippen LogP contribution < -0.4 is 4.74 Å². The maximum atomic E-state index is 12.2. The summed E-state index contributed by atoms with van der Waals surface area (Å²) >= 11 is 0. The van der Waals surface area contributed by atoms with E-state index >= 15 is 0 Å². The van der Waals surface area contributed by atoms with Crippen molar-refractivity contribution in [2.24, 2.45) is 0 Å². The number of tetrazole rings is 1. The number of carbonyl (C=O) groups excluding carboxylic acids is 1. The van der Waals surface area contributed by atoms with Crippen molar-refractivity contribution >= 4 is 17.1 Å². The summed E-state index contributed by atoms with van der Waals surface area (Å²) in [5.74, 6) is 1.58. The maximum absolute atomic E-state index is 12.2. The third-order valence-electron chi connectivity index (χ3n) is 6.71. The van der Waals surface area contributed by atoms with Crippen LogP contribution in [0.5, 0.6) is 11.6 Å². The Kier molecular flexibility index (Phi) is 7.04. The van der Waals surface area contributed by atoms with E-state index in [0.29, 0.717) is 42.7 Å². The first-order valence-electron chi connectivity index (χ1n) is 13.3. The topological polar surface area (TPSA) is 126 Å². The average Bonchev–Trinajstić information content (AvgIpc) is 3.62. The second-order valence-electron chi connectivity index (χ2n) is 9.91. The van der Waals surface area contributed by atoms with Crippen molar-refractivity contribution in [1.82, 2.24) is 44.9 Å². The Morgan fingerprint density at radius 1 is 1.02 bits per heavy atom. The molecule has 0 N–H and O–H groups in total. The molecule has 0 atom stereocenters. The van der Waals surface area contributed by atoms with Crippen LogP contribution >= 0.6 is 0 Å². The minimum Gasteiger partial charge on any atom is -0.447 e. The van der Waals surface area contributed by atoms with Gasteiger partial charge in [-0.05, 0) is 61.7 Å². The first-order chi connectivity index (χ1) is 19.5. The van der Waals surface area contributed by atoms with E-state index in [0.717, 1.165) is 29.4 Å². The van der Waals surface area contributed by atoms with Gasteiger partial charge in [-0.25, -0.2) is 19.4 Å². The Bertz CT molecular complexity index is 1590. The number of benzene rings is 2. The molecule has 6 rings (SSSR count). The lowest BCUT2D eigenvalue weighted by atomic mass is 10.1. The van der Waals surface area contributed by atoms with Crippen LogP contribution in [0, 0.1) is 0 Å². The van der Waals surface area contributed by atoms with Crippen molar-refractivity contribution in [2.75, 3.05) is 13.1 Å². The fourth-order valence-electron chi connectivity index (χ4n) is 4.71. The Balaban J connectivity index is 1.12. The van der Waals surface area contributed by atoms with Gasteiger partial charge in [-0.1, -0.05) is 30.3 Å². The van der Waals surface area contributed by atoms with Gasteiger partial charge in [0.25, 0.3) is 0 Å². The number of ether oxygens (including phenoxy) is 2. The zero-order chi connectivity index (χ0) is 27.5. The highest BCUT2D eigenvalue weighted by Gasteiger charge is 2.27. The summed E-state index contributed by atoms with van der Waals surface area (Å²) in [6.07, 6.45) is 4.33. The van der Waals surface area contributed by atoms with E-state index in [9.17, 15) is 4.79 Å². The number of hydrogen-bond donors (Lipinski definition) is 0. The molecule has 0 saturated carbocycles. The molecule has 0 unspecified atom stereocenters. The minimum absolute atomic E-state index is 0.116. The molecule has 5 aromatic rings. The molecule has 1 saturated heterocycles. The second kappa shape index (κ2) is 11.1. The number of carbonyl (C=O) groups is 1. The van der Waals surface area contributed by atoms with Crippen LogP contribution in [0.4, 0.5) is 4.79 Å². The fourth-order valence-corrected chi connectivity index (χ4v) is 4.71. The van der Waals surface area contributed by atoms with Crippen LogP contribution in [-0.2, 0) is 11.3 Å². The number of nitrogens with zero attached hydrogens (tertiary/aromatic N) is 9. The molecule has 40 heavy (non-hydrogen) atoms. The first kappa shape index (κ1) is 25.4. The maximum Gasteiger partial charge on any atom is 0.410 e. The molecule has 0 spiro atoms. The molecule has 4 heterocycles. The molecule has 1 fully saturated rings. The summed E-state index contributed by atoms with van der Waals surface area (Å²) in [5, 5.41) is 18.2. The molecule has 3 aromatic heterocycles. The number of fused-ring (bicyclic) bond motifs is 1. The van der Waals surface area contributed by atoms with Gasteiger partial charge in [-0.3, -0.25) is 0 Å². The van der Waals surface area contributed by atoms with E-state index in [2.05, 4.69) is 30.5 Å². The van der Waals surface area contributed by atoms with Gasteiger partial charge in [0, 0.05) is 18.7 Å².